The maximum absolute atomic E-state index is 12.0. The van der Waals surface area contributed by atoms with Crippen molar-refractivity contribution in [2.45, 2.75) is 51.4 Å². The van der Waals surface area contributed by atoms with Gasteiger partial charge in [0.05, 0.1) is 6.16 Å². The van der Waals surface area contributed by atoms with Crippen molar-refractivity contribution in [3.05, 3.63) is 121 Å². The van der Waals surface area contributed by atoms with Crippen LogP contribution in [-0.2, 0) is 4.79 Å². The molecule has 0 saturated carbocycles. The highest BCUT2D eigenvalue weighted by molar-refractivity contribution is 7.95. The highest BCUT2D eigenvalue weighted by atomic mass is 31.2. The molecule has 0 aliphatic heterocycles. The number of carbonyl (C=O) groups excluding carboxylic acids is 1. The number of carbonyl (C=O) groups is 1. The van der Waals surface area contributed by atoms with Crippen molar-refractivity contribution in [2.75, 3.05) is 12.7 Å². The van der Waals surface area contributed by atoms with Crippen molar-refractivity contribution in [3.63, 3.8) is 0 Å². The summed E-state index contributed by atoms with van der Waals surface area (Å²) in [6.45, 7) is 0.661. The molecule has 0 unspecified atom stereocenters. The molecule has 0 bridgehead atoms. The zero-order chi connectivity index (χ0) is 29.5. The van der Waals surface area contributed by atoms with Gasteiger partial charge in [0.2, 0.25) is 5.91 Å². The quantitative estimate of drug-likeness (QED) is 0.0562. The van der Waals surface area contributed by atoms with Crippen LogP contribution in [0.15, 0.2) is 115 Å². The largest absolute Gasteiger partial charge is 0.504 e. The van der Waals surface area contributed by atoms with Crippen molar-refractivity contribution in [1.82, 2.24) is 5.32 Å². The number of hydrogen-bond donors (Lipinski definition) is 3. The first kappa shape index (κ1) is 31.1. The van der Waals surface area contributed by atoms with Crippen molar-refractivity contribution >= 4 is 35.2 Å². The van der Waals surface area contributed by atoms with E-state index >= 15 is 0 Å². The van der Waals surface area contributed by atoms with Gasteiger partial charge in [0.1, 0.15) is 23.2 Å². The standard InChI is InChI=1S/C37H42NO3P/c39-35-26-24-31(30-36(35)40)25-27-37(41)38-28-16-5-3-1-2-4-6-17-29-42(32-18-10-7-11-19-32,33-20-12-8-13-21-33)34-22-14-9-15-23-34/h7-15,18-27,30H,1-6,16-17,28-29H2,(H2-,38,39,40,41)/p+1. The molecule has 0 aromatic heterocycles. The van der Waals surface area contributed by atoms with Gasteiger partial charge >= 0.3 is 0 Å². The fraction of sp³-hybridized carbons (Fsp3) is 0.270. The summed E-state index contributed by atoms with van der Waals surface area (Å²) in [6.07, 6.45) is 13.7. The summed E-state index contributed by atoms with van der Waals surface area (Å²) in [5.41, 5.74) is 0.660. The number of amides is 1. The second kappa shape index (κ2) is 16.5. The van der Waals surface area contributed by atoms with Gasteiger partial charge in [-0.25, -0.2) is 0 Å². The van der Waals surface area contributed by atoms with Gasteiger partial charge in [0, 0.05) is 12.6 Å². The average molecular weight is 581 g/mol. The molecule has 0 heterocycles. The van der Waals surface area contributed by atoms with Crippen molar-refractivity contribution in [2.24, 2.45) is 0 Å². The van der Waals surface area contributed by atoms with Gasteiger partial charge in [0.15, 0.2) is 11.5 Å². The van der Waals surface area contributed by atoms with Crippen LogP contribution < -0.4 is 21.2 Å². The first-order chi connectivity index (χ1) is 20.6. The van der Waals surface area contributed by atoms with Crippen LogP contribution in [0.4, 0.5) is 0 Å². The number of aromatic hydroxyl groups is 2. The van der Waals surface area contributed by atoms with Gasteiger partial charge in [-0.2, -0.15) is 0 Å². The molecule has 4 aromatic carbocycles. The van der Waals surface area contributed by atoms with E-state index in [9.17, 15) is 15.0 Å². The van der Waals surface area contributed by atoms with Crippen LogP contribution in [0.1, 0.15) is 56.9 Å². The van der Waals surface area contributed by atoms with Crippen LogP contribution in [0.5, 0.6) is 11.5 Å². The summed E-state index contributed by atoms with van der Waals surface area (Å²) >= 11 is 0. The lowest BCUT2D eigenvalue weighted by atomic mass is 10.1. The highest BCUT2D eigenvalue weighted by Crippen LogP contribution is 2.56. The lowest BCUT2D eigenvalue weighted by Crippen LogP contribution is -2.33. The van der Waals surface area contributed by atoms with E-state index in [1.165, 1.54) is 78.8 Å². The summed E-state index contributed by atoms with van der Waals surface area (Å²) in [5, 5.41) is 26.2. The Morgan fingerprint density at radius 1 is 0.595 bits per heavy atom. The maximum Gasteiger partial charge on any atom is 0.243 e. The van der Waals surface area contributed by atoms with Crippen molar-refractivity contribution < 1.29 is 15.0 Å². The molecule has 0 radical (unpaired) electrons. The van der Waals surface area contributed by atoms with Crippen LogP contribution in [-0.4, -0.2) is 28.8 Å². The Morgan fingerprint density at radius 2 is 1.07 bits per heavy atom. The molecule has 0 saturated heterocycles. The molecule has 1 amide bonds. The number of benzene rings is 4. The monoisotopic (exact) mass is 580 g/mol. The third kappa shape index (κ3) is 8.81. The fourth-order valence-electron chi connectivity index (χ4n) is 5.50. The normalized spacial score (nSPS) is 11.5. The van der Waals surface area contributed by atoms with E-state index < -0.39 is 7.26 Å². The minimum atomic E-state index is -1.72. The van der Waals surface area contributed by atoms with E-state index in [2.05, 4.69) is 96.3 Å². The van der Waals surface area contributed by atoms with Crippen LogP contribution in [0.2, 0.25) is 0 Å². The van der Waals surface area contributed by atoms with E-state index in [0.717, 1.165) is 12.8 Å². The Hall–Kier alpha value is -3.88. The summed E-state index contributed by atoms with van der Waals surface area (Å²) in [5.74, 6) is -0.518. The first-order valence-electron chi connectivity index (χ1n) is 15.1. The Balaban J connectivity index is 1.17. The van der Waals surface area contributed by atoms with Gasteiger partial charge in [0.25, 0.3) is 0 Å². The Morgan fingerprint density at radius 3 is 1.57 bits per heavy atom. The lowest BCUT2D eigenvalue weighted by Gasteiger charge is -2.27. The highest BCUT2D eigenvalue weighted by Gasteiger charge is 2.44. The molecule has 0 atom stereocenters. The number of rotatable bonds is 16. The van der Waals surface area contributed by atoms with Crippen LogP contribution in [0.25, 0.3) is 6.08 Å². The molecule has 0 spiro atoms. The van der Waals surface area contributed by atoms with E-state index in [1.54, 1.807) is 12.1 Å². The summed E-state index contributed by atoms with van der Waals surface area (Å²) in [7, 11) is -1.72. The Bertz CT molecular complexity index is 1290. The summed E-state index contributed by atoms with van der Waals surface area (Å²) in [6, 6.07) is 37.9. The average Bonchev–Trinajstić information content (AvgIpc) is 3.03. The number of hydrogen-bond acceptors (Lipinski definition) is 3. The molecule has 4 nitrogen and oxygen atoms in total. The molecule has 218 valence electrons. The van der Waals surface area contributed by atoms with Gasteiger partial charge in [-0.05, 0) is 79.4 Å². The van der Waals surface area contributed by atoms with E-state index in [4.69, 9.17) is 0 Å². The van der Waals surface area contributed by atoms with Gasteiger partial charge < -0.3 is 15.5 Å². The SMILES string of the molecule is O=C(C=Cc1ccc(O)c(O)c1)NCCCCCCCCCC[P+](c1ccccc1)(c1ccccc1)c1ccccc1. The zero-order valence-electron chi connectivity index (χ0n) is 24.4. The first-order valence-corrected chi connectivity index (χ1v) is 17.1. The van der Waals surface area contributed by atoms with Crippen molar-refractivity contribution in [3.8, 4) is 11.5 Å². The molecule has 4 rings (SSSR count). The smallest absolute Gasteiger partial charge is 0.243 e. The maximum atomic E-state index is 12.0. The second-order valence-corrected chi connectivity index (χ2v) is 14.4. The third-order valence-corrected chi connectivity index (χ3v) is 12.3. The number of phenolic OH excluding ortho intramolecular Hbond substituents is 2. The number of unbranched alkanes of at least 4 members (excludes halogenated alkanes) is 7. The predicted molar refractivity (Wildman–Crippen MR) is 179 cm³/mol. The van der Waals surface area contributed by atoms with Gasteiger partial charge in [-0.1, -0.05) is 92.8 Å². The molecular weight excluding hydrogens is 537 g/mol. The molecule has 4 aromatic rings. The van der Waals surface area contributed by atoms with E-state index in [1.807, 2.05) is 0 Å². The number of nitrogens with one attached hydrogen (secondary N) is 1. The zero-order valence-corrected chi connectivity index (χ0v) is 25.3. The van der Waals surface area contributed by atoms with Crippen LogP contribution in [0.3, 0.4) is 0 Å². The van der Waals surface area contributed by atoms with Gasteiger partial charge in [-0.15, -0.1) is 0 Å². The van der Waals surface area contributed by atoms with E-state index in [0.29, 0.717) is 12.1 Å². The number of phenols is 2. The van der Waals surface area contributed by atoms with Crippen LogP contribution in [0, 0.1) is 0 Å². The van der Waals surface area contributed by atoms with Crippen molar-refractivity contribution in [1.29, 1.82) is 0 Å². The molecule has 0 aliphatic carbocycles. The molecule has 3 N–H and O–H groups in total. The Kier molecular flexibility index (Phi) is 12.2. The summed E-state index contributed by atoms with van der Waals surface area (Å²) in [4.78, 5) is 12.0. The molecule has 0 aliphatic rings. The topological polar surface area (TPSA) is 69.6 Å². The molecule has 42 heavy (non-hydrogen) atoms. The Labute approximate surface area is 251 Å². The van der Waals surface area contributed by atoms with E-state index in [-0.39, 0.29) is 17.4 Å². The summed E-state index contributed by atoms with van der Waals surface area (Å²) < 4.78 is 0. The molecule has 0 fully saturated rings. The van der Waals surface area contributed by atoms with Crippen LogP contribution >= 0.6 is 7.26 Å². The minimum Gasteiger partial charge on any atom is -0.504 e. The minimum absolute atomic E-state index is 0.150. The third-order valence-electron chi connectivity index (χ3n) is 7.74. The van der Waals surface area contributed by atoms with Gasteiger partial charge in [-0.3, -0.25) is 4.79 Å². The lowest BCUT2D eigenvalue weighted by molar-refractivity contribution is -0.116. The second-order valence-electron chi connectivity index (χ2n) is 10.7. The molecular formula is C37H43NO3P+. The predicted octanol–water partition coefficient (Wildman–Crippen LogP) is 7.34. The fourth-order valence-corrected chi connectivity index (χ4v) is 9.91. The molecule has 5 heteroatoms.